The van der Waals surface area contributed by atoms with Crippen molar-refractivity contribution in [2.24, 2.45) is 5.41 Å². The first-order valence-corrected chi connectivity index (χ1v) is 8.35. The highest BCUT2D eigenvalue weighted by molar-refractivity contribution is 5.83. The number of likely N-dealkylation sites (tertiary alicyclic amines) is 1. The van der Waals surface area contributed by atoms with Crippen molar-refractivity contribution < 1.29 is 9.53 Å². The number of piperidine rings is 1. The van der Waals surface area contributed by atoms with Crippen LogP contribution in [-0.2, 0) is 9.53 Å². The SMILES string of the molecule is CC(C)(CN1CC[C@]2(CCCNC2=O)C1)N1CCOCC1. The van der Waals surface area contributed by atoms with Crippen molar-refractivity contribution in [3.63, 3.8) is 0 Å². The Kier molecular flexibility index (Phi) is 4.26. The van der Waals surface area contributed by atoms with Crippen LogP contribution in [0.15, 0.2) is 0 Å². The van der Waals surface area contributed by atoms with Crippen LogP contribution in [0.1, 0.15) is 33.1 Å². The van der Waals surface area contributed by atoms with Crippen LogP contribution in [-0.4, -0.2) is 73.7 Å². The molecule has 3 rings (SSSR count). The molecule has 0 radical (unpaired) electrons. The van der Waals surface area contributed by atoms with Gasteiger partial charge >= 0.3 is 0 Å². The number of hydrogen-bond donors (Lipinski definition) is 1. The maximum Gasteiger partial charge on any atom is 0.227 e. The molecule has 1 amide bonds. The molecule has 120 valence electrons. The number of carbonyl (C=O) groups is 1. The summed E-state index contributed by atoms with van der Waals surface area (Å²) in [6, 6.07) is 0. The number of amides is 1. The van der Waals surface area contributed by atoms with Gasteiger partial charge in [-0.25, -0.2) is 0 Å². The molecule has 1 spiro atoms. The lowest BCUT2D eigenvalue weighted by molar-refractivity contribution is -0.132. The minimum absolute atomic E-state index is 0.0979. The van der Waals surface area contributed by atoms with Crippen molar-refractivity contribution >= 4 is 5.91 Å². The maximum absolute atomic E-state index is 12.3. The van der Waals surface area contributed by atoms with E-state index in [1.165, 1.54) is 0 Å². The number of nitrogens with zero attached hydrogens (tertiary/aromatic N) is 2. The Labute approximate surface area is 128 Å². The molecule has 3 aliphatic rings. The van der Waals surface area contributed by atoms with Gasteiger partial charge in [0.1, 0.15) is 0 Å². The zero-order valence-corrected chi connectivity index (χ0v) is 13.5. The Morgan fingerprint density at radius 3 is 2.71 bits per heavy atom. The van der Waals surface area contributed by atoms with Crippen LogP contribution in [0, 0.1) is 5.41 Å². The van der Waals surface area contributed by atoms with Gasteiger partial charge in [0.25, 0.3) is 0 Å². The Bertz CT molecular complexity index is 393. The van der Waals surface area contributed by atoms with E-state index in [1.54, 1.807) is 0 Å². The number of rotatable bonds is 3. The van der Waals surface area contributed by atoms with Crippen LogP contribution < -0.4 is 5.32 Å². The molecule has 0 bridgehead atoms. The molecule has 1 N–H and O–H groups in total. The summed E-state index contributed by atoms with van der Waals surface area (Å²) >= 11 is 0. The molecule has 5 nitrogen and oxygen atoms in total. The molecule has 3 aliphatic heterocycles. The Morgan fingerprint density at radius 1 is 1.24 bits per heavy atom. The van der Waals surface area contributed by atoms with Gasteiger partial charge < -0.3 is 15.0 Å². The molecule has 3 heterocycles. The van der Waals surface area contributed by atoms with Crippen LogP contribution in [0.2, 0.25) is 0 Å². The van der Waals surface area contributed by atoms with E-state index in [-0.39, 0.29) is 11.0 Å². The van der Waals surface area contributed by atoms with E-state index in [1.807, 2.05) is 0 Å². The predicted molar refractivity (Wildman–Crippen MR) is 82.2 cm³/mol. The Balaban J connectivity index is 1.59. The van der Waals surface area contributed by atoms with Crippen molar-refractivity contribution in [2.45, 2.75) is 38.6 Å². The summed E-state index contributed by atoms with van der Waals surface area (Å²) in [5, 5.41) is 3.07. The van der Waals surface area contributed by atoms with E-state index in [0.29, 0.717) is 5.91 Å². The Hall–Kier alpha value is -0.650. The van der Waals surface area contributed by atoms with Gasteiger partial charge in [-0.3, -0.25) is 9.69 Å². The highest BCUT2D eigenvalue weighted by Gasteiger charge is 2.46. The molecule has 0 unspecified atom stereocenters. The van der Waals surface area contributed by atoms with E-state index < -0.39 is 0 Å². The first-order chi connectivity index (χ1) is 10.0. The van der Waals surface area contributed by atoms with Gasteiger partial charge in [0, 0.05) is 38.3 Å². The monoisotopic (exact) mass is 295 g/mol. The molecule has 0 aromatic carbocycles. The second-order valence-corrected chi connectivity index (χ2v) is 7.51. The number of nitrogens with one attached hydrogen (secondary N) is 1. The third-order valence-corrected chi connectivity index (χ3v) is 5.51. The summed E-state index contributed by atoms with van der Waals surface area (Å²) in [6.07, 6.45) is 3.22. The zero-order chi connectivity index (χ0) is 14.9. The molecule has 1 atom stereocenters. The maximum atomic E-state index is 12.3. The zero-order valence-electron chi connectivity index (χ0n) is 13.5. The van der Waals surface area contributed by atoms with Crippen molar-refractivity contribution in [3.05, 3.63) is 0 Å². The molecule has 3 saturated heterocycles. The van der Waals surface area contributed by atoms with Crippen LogP contribution in [0.5, 0.6) is 0 Å². The summed E-state index contributed by atoms with van der Waals surface area (Å²) in [7, 11) is 0. The lowest BCUT2D eigenvalue weighted by atomic mass is 9.79. The van der Waals surface area contributed by atoms with Crippen LogP contribution in [0.4, 0.5) is 0 Å². The normalized spacial score (nSPS) is 32.6. The van der Waals surface area contributed by atoms with Crippen LogP contribution in [0.25, 0.3) is 0 Å². The minimum atomic E-state index is -0.0979. The smallest absolute Gasteiger partial charge is 0.227 e. The third kappa shape index (κ3) is 3.10. The molecule has 0 aromatic heterocycles. The molecule has 0 aliphatic carbocycles. The fraction of sp³-hybridized carbons (Fsp3) is 0.938. The van der Waals surface area contributed by atoms with E-state index in [9.17, 15) is 4.79 Å². The Morgan fingerprint density at radius 2 is 2.00 bits per heavy atom. The average Bonchev–Trinajstić information content (AvgIpc) is 2.87. The van der Waals surface area contributed by atoms with E-state index in [2.05, 4.69) is 29.0 Å². The van der Waals surface area contributed by atoms with E-state index in [0.717, 1.165) is 71.7 Å². The van der Waals surface area contributed by atoms with Crippen molar-refractivity contribution in [1.29, 1.82) is 0 Å². The molecule has 0 aromatic rings. The van der Waals surface area contributed by atoms with Gasteiger partial charge in [0.2, 0.25) is 5.91 Å². The first kappa shape index (κ1) is 15.3. The molecule has 5 heteroatoms. The molecule has 21 heavy (non-hydrogen) atoms. The highest BCUT2D eigenvalue weighted by atomic mass is 16.5. The fourth-order valence-electron chi connectivity index (χ4n) is 4.23. The quantitative estimate of drug-likeness (QED) is 0.832. The van der Waals surface area contributed by atoms with Gasteiger partial charge in [-0.15, -0.1) is 0 Å². The summed E-state index contributed by atoms with van der Waals surface area (Å²) in [5.41, 5.74) is 0.0553. The van der Waals surface area contributed by atoms with E-state index >= 15 is 0 Å². The van der Waals surface area contributed by atoms with Crippen molar-refractivity contribution in [2.75, 3.05) is 52.5 Å². The number of morpholine rings is 1. The average molecular weight is 295 g/mol. The first-order valence-electron chi connectivity index (χ1n) is 8.35. The molecular weight excluding hydrogens is 266 g/mol. The van der Waals surface area contributed by atoms with Gasteiger partial charge in [-0.1, -0.05) is 0 Å². The van der Waals surface area contributed by atoms with Crippen LogP contribution >= 0.6 is 0 Å². The largest absolute Gasteiger partial charge is 0.379 e. The fourth-order valence-corrected chi connectivity index (χ4v) is 4.23. The summed E-state index contributed by atoms with van der Waals surface area (Å²) in [6.45, 7) is 12.3. The lowest BCUT2D eigenvalue weighted by Crippen LogP contribution is -2.55. The van der Waals surface area contributed by atoms with E-state index in [4.69, 9.17) is 4.74 Å². The standard InChI is InChI=1S/C16H29N3O2/c1-15(2,19-8-10-21-11-9-19)12-18-7-5-16(13-18)4-3-6-17-14(16)20/h3-13H2,1-2H3,(H,17,20)/t16-/m1/s1. The lowest BCUT2D eigenvalue weighted by Gasteiger charge is -2.43. The number of hydrogen-bond acceptors (Lipinski definition) is 4. The topological polar surface area (TPSA) is 44.8 Å². The number of carbonyl (C=O) groups excluding carboxylic acids is 1. The molecule has 3 fully saturated rings. The highest BCUT2D eigenvalue weighted by Crippen LogP contribution is 2.38. The van der Waals surface area contributed by atoms with Gasteiger partial charge in [0.15, 0.2) is 0 Å². The van der Waals surface area contributed by atoms with Gasteiger partial charge in [-0.05, 0) is 39.7 Å². The molecular formula is C16H29N3O2. The summed E-state index contributed by atoms with van der Waals surface area (Å²) < 4.78 is 5.46. The predicted octanol–water partition coefficient (Wildman–Crippen LogP) is 0.699. The molecule has 0 saturated carbocycles. The van der Waals surface area contributed by atoms with Crippen LogP contribution in [0.3, 0.4) is 0 Å². The van der Waals surface area contributed by atoms with Gasteiger partial charge in [0.05, 0.1) is 18.6 Å². The summed E-state index contributed by atoms with van der Waals surface area (Å²) in [5.74, 6) is 0.292. The number of ether oxygens (including phenoxy) is 1. The van der Waals surface area contributed by atoms with Crippen molar-refractivity contribution in [1.82, 2.24) is 15.1 Å². The second kappa shape index (κ2) is 5.86. The second-order valence-electron chi connectivity index (χ2n) is 7.51. The van der Waals surface area contributed by atoms with Crippen molar-refractivity contribution in [3.8, 4) is 0 Å². The summed E-state index contributed by atoms with van der Waals surface area (Å²) in [4.78, 5) is 17.3. The minimum Gasteiger partial charge on any atom is -0.379 e. The van der Waals surface area contributed by atoms with Gasteiger partial charge in [-0.2, -0.15) is 0 Å². The third-order valence-electron chi connectivity index (χ3n) is 5.51.